The molecule has 1 rings (SSSR count). The molecule has 0 spiro atoms. The van der Waals surface area contributed by atoms with Gasteiger partial charge in [-0.25, -0.2) is 0 Å². The van der Waals surface area contributed by atoms with Crippen LogP contribution in [0.5, 0.6) is 0 Å². The van der Waals surface area contributed by atoms with Crippen molar-refractivity contribution in [1.82, 2.24) is 0 Å². The van der Waals surface area contributed by atoms with Gasteiger partial charge in [0.25, 0.3) is 0 Å². The Morgan fingerprint density at radius 3 is 2.00 bits per heavy atom. The van der Waals surface area contributed by atoms with E-state index in [1.165, 1.54) is 0 Å². The molecule has 0 aliphatic carbocycles. The number of hydrogen-bond donors (Lipinski definition) is 0. The largest absolute Gasteiger partial charge is 0.307 e. The second-order valence-electron chi connectivity index (χ2n) is 4.88. The summed E-state index contributed by atoms with van der Waals surface area (Å²) >= 11 is 5.84. The van der Waals surface area contributed by atoms with Crippen LogP contribution in [0, 0.1) is 11.3 Å². The SMILES string of the molecule is CC(C)(C)C1CCP(=O)(Cl)CC1. The van der Waals surface area contributed by atoms with Gasteiger partial charge in [0, 0.05) is 12.3 Å². The standard InChI is InChI=1S/C9H18ClOP/c1-9(2,3)8-4-6-12(10,11)7-5-8/h8H,4-7H2,1-3H3. The van der Waals surface area contributed by atoms with Gasteiger partial charge in [0.05, 0.1) is 0 Å². The lowest BCUT2D eigenvalue weighted by atomic mass is 9.77. The van der Waals surface area contributed by atoms with Gasteiger partial charge < -0.3 is 4.57 Å². The van der Waals surface area contributed by atoms with Crippen LogP contribution in [0.3, 0.4) is 0 Å². The summed E-state index contributed by atoms with van der Waals surface area (Å²) in [6, 6.07) is 0. The van der Waals surface area contributed by atoms with Crippen molar-refractivity contribution < 1.29 is 4.57 Å². The summed E-state index contributed by atoms with van der Waals surface area (Å²) in [5.74, 6) is 0.707. The first-order chi connectivity index (χ1) is 5.31. The highest BCUT2D eigenvalue weighted by Gasteiger charge is 2.33. The maximum Gasteiger partial charge on any atom is 0.169 e. The van der Waals surface area contributed by atoms with Crippen molar-refractivity contribution >= 4 is 17.7 Å². The summed E-state index contributed by atoms with van der Waals surface area (Å²) < 4.78 is 11.5. The smallest absolute Gasteiger partial charge is 0.169 e. The van der Waals surface area contributed by atoms with Crippen molar-refractivity contribution in [2.24, 2.45) is 11.3 Å². The molecule has 3 heteroatoms. The van der Waals surface area contributed by atoms with Gasteiger partial charge in [-0.3, -0.25) is 0 Å². The van der Waals surface area contributed by atoms with Crippen LogP contribution in [-0.4, -0.2) is 12.3 Å². The van der Waals surface area contributed by atoms with E-state index in [0.29, 0.717) is 11.3 Å². The lowest BCUT2D eigenvalue weighted by Gasteiger charge is -2.35. The van der Waals surface area contributed by atoms with Gasteiger partial charge in [-0.1, -0.05) is 32.0 Å². The summed E-state index contributed by atoms with van der Waals surface area (Å²) in [5.41, 5.74) is 0.358. The fourth-order valence-corrected chi connectivity index (χ4v) is 4.02. The van der Waals surface area contributed by atoms with Crippen LogP contribution in [0.2, 0.25) is 0 Å². The summed E-state index contributed by atoms with van der Waals surface area (Å²) in [7, 11) is 0. The normalized spacial score (nSPS) is 38.2. The minimum absolute atomic E-state index is 0.358. The molecule has 72 valence electrons. The molecule has 0 aromatic carbocycles. The van der Waals surface area contributed by atoms with Crippen molar-refractivity contribution in [2.75, 3.05) is 12.3 Å². The predicted molar refractivity (Wildman–Crippen MR) is 55.4 cm³/mol. The van der Waals surface area contributed by atoms with E-state index in [1.54, 1.807) is 0 Å². The van der Waals surface area contributed by atoms with Crippen molar-refractivity contribution in [3.8, 4) is 0 Å². The fourth-order valence-electron chi connectivity index (χ4n) is 1.82. The Hall–Kier alpha value is 0.520. The molecule has 0 aromatic rings. The highest BCUT2D eigenvalue weighted by molar-refractivity contribution is 7.89. The fraction of sp³-hybridized carbons (Fsp3) is 1.00. The van der Waals surface area contributed by atoms with Crippen LogP contribution in [0.25, 0.3) is 0 Å². The van der Waals surface area contributed by atoms with E-state index in [9.17, 15) is 4.57 Å². The summed E-state index contributed by atoms with van der Waals surface area (Å²) in [4.78, 5) is 0. The van der Waals surface area contributed by atoms with E-state index in [4.69, 9.17) is 11.2 Å². The molecule has 0 N–H and O–H groups in total. The minimum Gasteiger partial charge on any atom is -0.307 e. The molecule has 12 heavy (non-hydrogen) atoms. The molecule has 1 saturated heterocycles. The topological polar surface area (TPSA) is 17.1 Å². The van der Waals surface area contributed by atoms with Gasteiger partial charge in [0.2, 0.25) is 0 Å². The first kappa shape index (κ1) is 10.6. The summed E-state index contributed by atoms with van der Waals surface area (Å²) in [5, 5.41) is 0. The Morgan fingerprint density at radius 2 is 1.67 bits per heavy atom. The molecule has 1 fully saturated rings. The van der Waals surface area contributed by atoms with Crippen molar-refractivity contribution in [3.05, 3.63) is 0 Å². The average Bonchev–Trinajstić information content (AvgIpc) is 1.83. The zero-order chi connectivity index (χ0) is 9.41. The zero-order valence-corrected chi connectivity index (χ0v) is 9.79. The van der Waals surface area contributed by atoms with Gasteiger partial charge in [0.15, 0.2) is 6.49 Å². The van der Waals surface area contributed by atoms with E-state index in [1.807, 2.05) is 0 Å². The van der Waals surface area contributed by atoms with Gasteiger partial charge >= 0.3 is 0 Å². The summed E-state index contributed by atoms with van der Waals surface area (Å²) in [6.45, 7) is 4.54. The molecule has 0 amide bonds. The third kappa shape index (κ3) is 2.78. The first-order valence-electron chi connectivity index (χ1n) is 4.59. The molecule has 1 heterocycles. The molecule has 0 atom stereocenters. The van der Waals surface area contributed by atoms with Crippen molar-refractivity contribution in [3.63, 3.8) is 0 Å². The monoisotopic (exact) mass is 208 g/mol. The molecule has 0 unspecified atom stereocenters. The molecule has 1 aliphatic rings. The minimum atomic E-state index is -2.22. The third-order valence-corrected chi connectivity index (χ3v) is 5.71. The van der Waals surface area contributed by atoms with Gasteiger partial charge in [-0.15, -0.1) is 0 Å². The Balaban J connectivity index is 2.53. The molecular formula is C9H18ClOP. The van der Waals surface area contributed by atoms with E-state index in [-0.39, 0.29) is 0 Å². The molecule has 0 radical (unpaired) electrons. The highest BCUT2D eigenvalue weighted by atomic mass is 35.7. The lowest BCUT2D eigenvalue weighted by Crippen LogP contribution is -2.25. The van der Waals surface area contributed by atoms with Crippen LogP contribution in [0.4, 0.5) is 0 Å². The second-order valence-corrected chi connectivity index (χ2v) is 9.20. The molecule has 1 nitrogen and oxygen atoms in total. The van der Waals surface area contributed by atoms with Crippen LogP contribution in [-0.2, 0) is 4.57 Å². The maximum atomic E-state index is 11.5. The van der Waals surface area contributed by atoms with E-state index < -0.39 is 6.49 Å². The van der Waals surface area contributed by atoms with Crippen LogP contribution < -0.4 is 0 Å². The quantitative estimate of drug-likeness (QED) is 0.551. The Bertz CT molecular complexity index is 195. The average molecular weight is 209 g/mol. The van der Waals surface area contributed by atoms with Crippen LogP contribution in [0.1, 0.15) is 33.6 Å². The number of halogens is 1. The Morgan fingerprint density at radius 1 is 1.25 bits per heavy atom. The summed E-state index contributed by atoms with van der Waals surface area (Å²) in [6.07, 6.45) is 3.58. The Kier molecular flexibility index (Phi) is 2.96. The predicted octanol–water partition coefficient (Wildman–Crippen LogP) is 3.96. The highest BCUT2D eigenvalue weighted by Crippen LogP contribution is 2.58. The van der Waals surface area contributed by atoms with Crippen LogP contribution >= 0.6 is 17.7 Å². The van der Waals surface area contributed by atoms with Crippen molar-refractivity contribution in [2.45, 2.75) is 33.6 Å². The van der Waals surface area contributed by atoms with Gasteiger partial charge in [-0.05, 0) is 24.2 Å². The number of hydrogen-bond acceptors (Lipinski definition) is 1. The van der Waals surface area contributed by atoms with Gasteiger partial charge in [0.1, 0.15) is 0 Å². The second kappa shape index (κ2) is 3.35. The first-order valence-corrected chi connectivity index (χ1v) is 7.57. The molecule has 0 saturated carbocycles. The number of rotatable bonds is 0. The molecule has 1 aliphatic heterocycles. The van der Waals surface area contributed by atoms with E-state index in [2.05, 4.69) is 20.8 Å². The van der Waals surface area contributed by atoms with Crippen LogP contribution in [0.15, 0.2) is 0 Å². The van der Waals surface area contributed by atoms with E-state index in [0.717, 1.165) is 25.2 Å². The third-order valence-electron chi connectivity index (χ3n) is 2.85. The van der Waals surface area contributed by atoms with E-state index >= 15 is 0 Å². The zero-order valence-electron chi connectivity index (χ0n) is 8.14. The molecular weight excluding hydrogens is 191 g/mol. The lowest BCUT2D eigenvalue weighted by molar-refractivity contribution is 0.222. The van der Waals surface area contributed by atoms with Crippen molar-refractivity contribution in [1.29, 1.82) is 0 Å². The Labute approximate surface area is 80.0 Å². The molecule has 0 aromatic heterocycles. The van der Waals surface area contributed by atoms with Gasteiger partial charge in [-0.2, -0.15) is 0 Å². The maximum absolute atomic E-state index is 11.5. The molecule has 0 bridgehead atoms.